The molecule has 1 aliphatic carbocycles. The zero-order valence-electron chi connectivity index (χ0n) is 19.1. The van der Waals surface area contributed by atoms with Gasteiger partial charge in [0.05, 0.1) is 25.0 Å². The van der Waals surface area contributed by atoms with Crippen molar-refractivity contribution >= 4 is 23.6 Å². The lowest BCUT2D eigenvalue weighted by atomic mass is 10.1. The van der Waals surface area contributed by atoms with Gasteiger partial charge in [-0.05, 0) is 31.9 Å². The molecule has 2 aromatic heterocycles. The summed E-state index contributed by atoms with van der Waals surface area (Å²) in [5, 5.41) is 0. The molecule has 0 unspecified atom stereocenters. The fourth-order valence-corrected chi connectivity index (χ4v) is 4.15. The largest absolute Gasteiger partial charge is 0.471 e. The van der Waals surface area contributed by atoms with Gasteiger partial charge in [0.15, 0.2) is 6.17 Å². The number of fused-ring (bicyclic) bond motifs is 1. The normalized spacial score (nSPS) is 22.7. The van der Waals surface area contributed by atoms with Crippen LogP contribution in [0.3, 0.4) is 0 Å². The number of halogens is 1. The van der Waals surface area contributed by atoms with Crippen molar-refractivity contribution in [3.05, 3.63) is 35.9 Å². The van der Waals surface area contributed by atoms with Crippen LogP contribution in [0.15, 0.2) is 24.5 Å². The van der Waals surface area contributed by atoms with E-state index in [9.17, 15) is 14.0 Å². The van der Waals surface area contributed by atoms with Gasteiger partial charge in [0.2, 0.25) is 5.88 Å². The van der Waals surface area contributed by atoms with E-state index in [1.807, 2.05) is 11.8 Å². The molecule has 11 heteroatoms. The van der Waals surface area contributed by atoms with Crippen LogP contribution in [0.4, 0.5) is 20.7 Å². The number of carbonyl (C=O) groups excluding carboxylic acids is 2. The molecule has 34 heavy (non-hydrogen) atoms. The number of alkyl halides is 1. The number of carbonyl (C=O) groups is 2. The van der Waals surface area contributed by atoms with Crippen LogP contribution in [-0.4, -0.2) is 76.5 Å². The molecule has 0 aromatic carbocycles. The van der Waals surface area contributed by atoms with Gasteiger partial charge in [-0.25, -0.2) is 28.9 Å². The summed E-state index contributed by atoms with van der Waals surface area (Å²) in [7, 11) is 1.32. The van der Waals surface area contributed by atoms with E-state index in [0.717, 1.165) is 24.2 Å². The first-order valence-corrected chi connectivity index (χ1v) is 11.3. The van der Waals surface area contributed by atoms with Crippen molar-refractivity contribution in [2.45, 2.75) is 50.5 Å². The number of piperidine rings is 1. The average Bonchev–Trinajstić information content (AvgIpc) is 3.40. The lowest BCUT2D eigenvalue weighted by molar-refractivity contribution is 0.00226. The van der Waals surface area contributed by atoms with E-state index in [4.69, 9.17) is 14.2 Å². The molecule has 1 amide bonds. The van der Waals surface area contributed by atoms with Crippen LogP contribution in [0, 0.1) is 0 Å². The van der Waals surface area contributed by atoms with Crippen molar-refractivity contribution in [3.8, 4) is 5.88 Å². The van der Waals surface area contributed by atoms with E-state index in [2.05, 4.69) is 15.0 Å². The Labute approximate surface area is 196 Å². The van der Waals surface area contributed by atoms with Gasteiger partial charge in [-0.2, -0.15) is 0 Å². The van der Waals surface area contributed by atoms with Crippen LogP contribution in [-0.2, 0) is 15.9 Å². The SMILES string of the molecule is COC(=O)c1ccc2c(n1)CCN2c1cc(O[C@H]2CCN(C(=O)OC3(C)CC3)C[C@H]2F)ncn1. The quantitative estimate of drug-likeness (QED) is 0.609. The Morgan fingerprint density at radius 1 is 1.21 bits per heavy atom. The van der Waals surface area contributed by atoms with Crippen molar-refractivity contribution in [3.63, 3.8) is 0 Å². The highest BCUT2D eigenvalue weighted by Crippen LogP contribution is 2.39. The second kappa shape index (κ2) is 8.69. The molecule has 2 atom stereocenters. The Morgan fingerprint density at radius 2 is 2.03 bits per heavy atom. The molecule has 2 aliphatic heterocycles. The molecule has 1 saturated heterocycles. The van der Waals surface area contributed by atoms with E-state index in [0.29, 0.717) is 31.7 Å². The van der Waals surface area contributed by atoms with Crippen molar-refractivity contribution in [1.82, 2.24) is 19.9 Å². The second-order valence-corrected chi connectivity index (χ2v) is 8.99. The summed E-state index contributed by atoms with van der Waals surface area (Å²) in [6, 6.07) is 5.07. The first-order valence-electron chi connectivity index (χ1n) is 11.3. The van der Waals surface area contributed by atoms with E-state index >= 15 is 0 Å². The van der Waals surface area contributed by atoms with Gasteiger partial charge in [0.25, 0.3) is 0 Å². The van der Waals surface area contributed by atoms with E-state index < -0.39 is 29.9 Å². The summed E-state index contributed by atoms with van der Waals surface area (Å²) in [5.74, 6) is 0.359. The number of hydrogen-bond acceptors (Lipinski definition) is 9. The van der Waals surface area contributed by atoms with Crippen molar-refractivity contribution in [1.29, 1.82) is 0 Å². The summed E-state index contributed by atoms with van der Waals surface area (Å²) in [4.78, 5) is 40.2. The second-order valence-electron chi connectivity index (χ2n) is 8.99. The molecule has 0 spiro atoms. The molecule has 0 N–H and O–H groups in total. The summed E-state index contributed by atoms with van der Waals surface area (Å²) < 4.78 is 30.9. The van der Waals surface area contributed by atoms with Crippen LogP contribution in [0.2, 0.25) is 0 Å². The molecule has 2 aromatic rings. The number of pyridine rings is 1. The predicted octanol–water partition coefficient (Wildman–Crippen LogP) is 2.83. The van der Waals surface area contributed by atoms with Gasteiger partial charge in [0.1, 0.15) is 29.5 Å². The van der Waals surface area contributed by atoms with Crippen LogP contribution in [0.25, 0.3) is 0 Å². The van der Waals surface area contributed by atoms with Gasteiger partial charge < -0.3 is 24.0 Å². The first kappa shape index (κ1) is 22.3. The molecule has 3 aliphatic rings. The third-order valence-corrected chi connectivity index (χ3v) is 6.41. The van der Waals surface area contributed by atoms with Crippen LogP contribution < -0.4 is 9.64 Å². The molecule has 5 rings (SSSR count). The highest BCUT2D eigenvalue weighted by molar-refractivity contribution is 5.88. The third kappa shape index (κ3) is 4.46. The van der Waals surface area contributed by atoms with Crippen LogP contribution in [0.1, 0.15) is 42.4 Å². The standard InChI is InChI=1S/C23H26FN5O5/c1-23(7-8-23)34-22(31)28-9-6-18(14(24)12-28)33-20-11-19(25-13-26-20)29-10-5-15-17(29)4-3-16(27-15)21(30)32-2/h3-4,11,13-14,18H,5-10,12H2,1-2H3/t14-,18+/m1/s1. The number of ether oxygens (including phenoxy) is 3. The molecule has 0 bridgehead atoms. The zero-order chi connectivity index (χ0) is 23.9. The molecule has 0 radical (unpaired) electrons. The van der Waals surface area contributed by atoms with Gasteiger partial charge in [-0.15, -0.1) is 0 Å². The number of amides is 1. The maximum atomic E-state index is 14.8. The number of likely N-dealkylation sites (tertiary alicyclic amines) is 1. The lowest BCUT2D eigenvalue weighted by Gasteiger charge is -2.34. The molecule has 180 valence electrons. The average molecular weight is 471 g/mol. The number of rotatable bonds is 5. The third-order valence-electron chi connectivity index (χ3n) is 6.41. The number of anilines is 2. The fourth-order valence-electron chi connectivity index (χ4n) is 4.15. The maximum Gasteiger partial charge on any atom is 0.410 e. The van der Waals surface area contributed by atoms with Gasteiger partial charge in [-0.1, -0.05) is 0 Å². The minimum atomic E-state index is -1.36. The summed E-state index contributed by atoms with van der Waals surface area (Å²) >= 11 is 0. The smallest absolute Gasteiger partial charge is 0.410 e. The van der Waals surface area contributed by atoms with Gasteiger partial charge in [0, 0.05) is 32.0 Å². The number of methoxy groups -OCH3 is 1. The van der Waals surface area contributed by atoms with Crippen LogP contribution >= 0.6 is 0 Å². The van der Waals surface area contributed by atoms with Crippen LogP contribution in [0.5, 0.6) is 5.88 Å². The molecular weight excluding hydrogens is 445 g/mol. The van der Waals surface area contributed by atoms with Gasteiger partial charge >= 0.3 is 12.1 Å². The highest BCUT2D eigenvalue weighted by atomic mass is 19.1. The Kier molecular flexibility index (Phi) is 5.70. The molecule has 4 heterocycles. The number of aromatic nitrogens is 3. The summed E-state index contributed by atoms with van der Waals surface area (Å²) in [6.07, 6.45) is 1.48. The van der Waals surface area contributed by atoms with Crippen molar-refractivity contribution in [2.24, 2.45) is 0 Å². The maximum absolute atomic E-state index is 14.8. The monoisotopic (exact) mass is 471 g/mol. The van der Waals surface area contributed by atoms with E-state index in [1.54, 1.807) is 18.2 Å². The fraction of sp³-hybridized carbons (Fsp3) is 0.522. The van der Waals surface area contributed by atoms with Crippen molar-refractivity contribution < 1.29 is 28.2 Å². The molecular formula is C23H26FN5O5. The predicted molar refractivity (Wildman–Crippen MR) is 118 cm³/mol. The van der Waals surface area contributed by atoms with Gasteiger partial charge in [-0.3, -0.25) is 0 Å². The summed E-state index contributed by atoms with van der Waals surface area (Å²) in [5.41, 5.74) is 1.47. The zero-order valence-corrected chi connectivity index (χ0v) is 19.1. The Bertz CT molecular complexity index is 1110. The van der Waals surface area contributed by atoms with Crippen molar-refractivity contribution in [2.75, 3.05) is 31.6 Å². The Hall–Kier alpha value is -3.50. The minimum absolute atomic E-state index is 0.0782. The lowest BCUT2D eigenvalue weighted by Crippen LogP contribution is -2.50. The molecule has 2 fully saturated rings. The molecule has 10 nitrogen and oxygen atoms in total. The number of esters is 1. The van der Waals surface area contributed by atoms with E-state index in [1.165, 1.54) is 18.3 Å². The van der Waals surface area contributed by atoms with E-state index in [-0.39, 0.29) is 18.1 Å². The minimum Gasteiger partial charge on any atom is -0.471 e. The Balaban J connectivity index is 1.23. The summed E-state index contributed by atoms with van der Waals surface area (Å²) in [6.45, 7) is 2.78. The number of hydrogen-bond donors (Lipinski definition) is 0. The Morgan fingerprint density at radius 3 is 2.76 bits per heavy atom. The first-order chi connectivity index (χ1) is 16.3. The molecule has 1 saturated carbocycles. The number of nitrogens with zero attached hydrogens (tertiary/aromatic N) is 5. The topological polar surface area (TPSA) is 107 Å². The highest BCUT2D eigenvalue weighted by Gasteiger charge is 2.44.